The van der Waals surface area contributed by atoms with Gasteiger partial charge in [0.05, 0.1) is 7.11 Å². The fraction of sp³-hybridized carbons (Fsp3) is 0.435. The highest BCUT2D eigenvalue weighted by Gasteiger charge is 2.46. The number of amides is 1. The second-order valence-electron chi connectivity index (χ2n) is 7.68. The number of likely N-dealkylation sites (tertiary alicyclic amines) is 1. The minimum absolute atomic E-state index is 0.00469. The molecule has 2 aromatic rings. The van der Waals surface area contributed by atoms with E-state index in [0.717, 1.165) is 56.2 Å². The van der Waals surface area contributed by atoms with Crippen molar-refractivity contribution >= 4 is 11.6 Å². The number of hydrogen-bond donors (Lipinski definition) is 0. The molecule has 0 radical (unpaired) electrons. The van der Waals surface area contributed by atoms with E-state index in [4.69, 9.17) is 9.47 Å². The summed E-state index contributed by atoms with van der Waals surface area (Å²) in [6.45, 7) is 6.19. The predicted octanol–water partition coefficient (Wildman–Crippen LogP) is 3.47. The second kappa shape index (κ2) is 7.84. The third-order valence-corrected chi connectivity index (χ3v) is 6.19. The molecular formula is C23H28N2O3. The van der Waals surface area contributed by atoms with Crippen LogP contribution in [-0.2, 0) is 10.2 Å². The molecule has 5 heteroatoms. The standard InChI is InChI=1S/C23H28N2O3/c1-3-24-13-11-23(12-14-24)17-25(21-10-9-19(27-2)15-20(21)23)22(26)16-28-18-7-5-4-6-8-18/h4-10,15H,3,11-14,16-17H2,1-2H3. The van der Waals surface area contributed by atoms with E-state index in [0.29, 0.717) is 0 Å². The number of benzene rings is 2. The van der Waals surface area contributed by atoms with Crippen LogP contribution in [0.4, 0.5) is 5.69 Å². The summed E-state index contributed by atoms with van der Waals surface area (Å²) >= 11 is 0. The van der Waals surface area contributed by atoms with Gasteiger partial charge in [0.1, 0.15) is 11.5 Å². The van der Waals surface area contributed by atoms with Crippen molar-refractivity contribution in [3.63, 3.8) is 0 Å². The van der Waals surface area contributed by atoms with Gasteiger partial charge in [-0.3, -0.25) is 4.79 Å². The normalized spacial score (nSPS) is 18.1. The SMILES string of the molecule is CCN1CCC2(CC1)CN(C(=O)COc1ccccc1)c1ccc(OC)cc12. The first-order chi connectivity index (χ1) is 13.6. The van der Waals surface area contributed by atoms with Gasteiger partial charge in [0, 0.05) is 17.6 Å². The Balaban J connectivity index is 1.57. The van der Waals surface area contributed by atoms with Crippen molar-refractivity contribution in [3.8, 4) is 11.5 Å². The van der Waals surface area contributed by atoms with E-state index in [1.165, 1.54) is 5.56 Å². The van der Waals surface area contributed by atoms with Gasteiger partial charge in [-0.05, 0) is 68.4 Å². The quantitative estimate of drug-likeness (QED) is 0.797. The lowest BCUT2D eigenvalue weighted by atomic mass is 9.74. The van der Waals surface area contributed by atoms with Crippen molar-refractivity contribution in [2.45, 2.75) is 25.2 Å². The molecule has 5 nitrogen and oxygen atoms in total. The van der Waals surface area contributed by atoms with E-state index in [-0.39, 0.29) is 17.9 Å². The van der Waals surface area contributed by atoms with Crippen molar-refractivity contribution in [1.29, 1.82) is 0 Å². The highest BCUT2D eigenvalue weighted by Crippen LogP contribution is 2.48. The second-order valence-corrected chi connectivity index (χ2v) is 7.68. The summed E-state index contributed by atoms with van der Waals surface area (Å²) in [5.74, 6) is 1.58. The number of methoxy groups -OCH3 is 1. The molecule has 0 N–H and O–H groups in total. The molecule has 4 rings (SSSR count). The highest BCUT2D eigenvalue weighted by molar-refractivity contribution is 5.97. The zero-order valence-electron chi connectivity index (χ0n) is 16.7. The first kappa shape index (κ1) is 18.8. The van der Waals surface area contributed by atoms with Crippen LogP contribution in [0.15, 0.2) is 48.5 Å². The molecule has 148 valence electrons. The van der Waals surface area contributed by atoms with E-state index in [1.54, 1.807) is 7.11 Å². The number of anilines is 1. The zero-order valence-corrected chi connectivity index (χ0v) is 16.7. The van der Waals surface area contributed by atoms with Gasteiger partial charge in [-0.2, -0.15) is 0 Å². The van der Waals surface area contributed by atoms with Gasteiger partial charge in [-0.15, -0.1) is 0 Å². The summed E-state index contributed by atoms with van der Waals surface area (Å²) in [5.41, 5.74) is 2.26. The van der Waals surface area contributed by atoms with Crippen LogP contribution in [0.25, 0.3) is 0 Å². The average molecular weight is 380 g/mol. The van der Waals surface area contributed by atoms with Gasteiger partial charge in [0.2, 0.25) is 0 Å². The van der Waals surface area contributed by atoms with Crippen molar-refractivity contribution in [1.82, 2.24) is 4.90 Å². The minimum atomic E-state index is 0.00469. The topological polar surface area (TPSA) is 42.0 Å². The lowest BCUT2D eigenvalue weighted by Gasteiger charge is -2.39. The number of fused-ring (bicyclic) bond motifs is 2. The van der Waals surface area contributed by atoms with Crippen molar-refractivity contribution in [3.05, 3.63) is 54.1 Å². The van der Waals surface area contributed by atoms with Crippen LogP contribution in [0.2, 0.25) is 0 Å². The molecule has 1 spiro atoms. The maximum Gasteiger partial charge on any atom is 0.264 e. The van der Waals surface area contributed by atoms with E-state index in [2.05, 4.69) is 17.9 Å². The molecule has 2 aliphatic rings. The molecule has 2 aliphatic heterocycles. The van der Waals surface area contributed by atoms with Gasteiger partial charge in [0.25, 0.3) is 5.91 Å². The van der Waals surface area contributed by atoms with E-state index in [1.807, 2.05) is 47.4 Å². The van der Waals surface area contributed by atoms with E-state index in [9.17, 15) is 4.79 Å². The number of hydrogen-bond acceptors (Lipinski definition) is 4. The van der Waals surface area contributed by atoms with Gasteiger partial charge in [0.15, 0.2) is 6.61 Å². The molecule has 0 atom stereocenters. The molecule has 0 aromatic heterocycles. The summed E-state index contributed by atoms with van der Waals surface area (Å²) < 4.78 is 11.2. The Morgan fingerprint density at radius 3 is 2.50 bits per heavy atom. The summed E-state index contributed by atoms with van der Waals surface area (Å²) in [5, 5.41) is 0. The van der Waals surface area contributed by atoms with Crippen LogP contribution in [0.3, 0.4) is 0 Å². The number of carbonyl (C=O) groups is 1. The van der Waals surface area contributed by atoms with Crippen LogP contribution < -0.4 is 14.4 Å². The number of carbonyl (C=O) groups excluding carboxylic acids is 1. The van der Waals surface area contributed by atoms with E-state index >= 15 is 0 Å². The fourth-order valence-corrected chi connectivity index (χ4v) is 4.46. The Hall–Kier alpha value is -2.53. The Labute approximate surface area is 166 Å². The molecular weight excluding hydrogens is 352 g/mol. The molecule has 1 fully saturated rings. The Morgan fingerprint density at radius 2 is 1.82 bits per heavy atom. The first-order valence-corrected chi connectivity index (χ1v) is 10.0. The Morgan fingerprint density at radius 1 is 1.07 bits per heavy atom. The molecule has 1 amide bonds. The third-order valence-electron chi connectivity index (χ3n) is 6.19. The molecule has 2 aromatic carbocycles. The van der Waals surface area contributed by atoms with Crippen LogP contribution in [0.5, 0.6) is 11.5 Å². The number of piperidine rings is 1. The smallest absolute Gasteiger partial charge is 0.264 e. The summed E-state index contributed by atoms with van der Waals surface area (Å²) in [6.07, 6.45) is 2.12. The Kier molecular flexibility index (Phi) is 5.27. The van der Waals surface area contributed by atoms with Crippen molar-refractivity contribution < 1.29 is 14.3 Å². The predicted molar refractivity (Wildman–Crippen MR) is 110 cm³/mol. The lowest BCUT2D eigenvalue weighted by molar-refractivity contribution is -0.120. The number of para-hydroxylation sites is 1. The maximum absolute atomic E-state index is 13.0. The largest absolute Gasteiger partial charge is 0.497 e. The summed E-state index contributed by atoms with van der Waals surface area (Å²) in [6, 6.07) is 15.6. The molecule has 0 aliphatic carbocycles. The fourth-order valence-electron chi connectivity index (χ4n) is 4.46. The lowest BCUT2D eigenvalue weighted by Crippen LogP contribution is -2.46. The van der Waals surface area contributed by atoms with Crippen LogP contribution in [-0.4, -0.2) is 50.7 Å². The minimum Gasteiger partial charge on any atom is -0.497 e. The number of ether oxygens (including phenoxy) is 2. The molecule has 0 bridgehead atoms. The number of nitrogens with zero attached hydrogens (tertiary/aromatic N) is 2. The van der Waals surface area contributed by atoms with Crippen molar-refractivity contribution in [2.24, 2.45) is 0 Å². The molecule has 2 heterocycles. The van der Waals surface area contributed by atoms with Crippen LogP contribution in [0.1, 0.15) is 25.3 Å². The molecule has 1 saturated heterocycles. The van der Waals surface area contributed by atoms with Gasteiger partial charge in [-0.1, -0.05) is 25.1 Å². The summed E-state index contributed by atoms with van der Waals surface area (Å²) in [7, 11) is 1.69. The Bertz CT molecular complexity index is 829. The van der Waals surface area contributed by atoms with Gasteiger partial charge in [-0.25, -0.2) is 0 Å². The maximum atomic E-state index is 13.0. The summed E-state index contributed by atoms with van der Waals surface area (Å²) in [4.78, 5) is 17.4. The molecule has 0 unspecified atom stereocenters. The molecule has 28 heavy (non-hydrogen) atoms. The monoisotopic (exact) mass is 380 g/mol. The third kappa shape index (κ3) is 3.47. The van der Waals surface area contributed by atoms with Crippen LogP contribution >= 0.6 is 0 Å². The highest BCUT2D eigenvalue weighted by atomic mass is 16.5. The van der Waals surface area contributed by atoms with Crippen LogP contribution in [0, 0.1) is 0 Å². The van der Waals surface area contributed by atoms with E-state index < -0.39 is 0 Å². The zero-order chi connectivity index (χ0) is 19.6. The molecule has 0 saturated carbocycles. The van der Waals surface area contributed by atoms with Crippen molar-refractivity contribution in [2.75, 3.05) is 44.8 Å². The van der Waals surface area contributed by atoms with Gasteiger partial charge >= 0.3 is 0 Å². The average Bonchev–Trinajstić information content (AvgIpc) is 3.07. The van der Waals surface area contributed by atoms with Gasteiger partial charge < -0.3 is 19.3 Å². The first-order valence-electron chi connectivity index (χ1n) is 10.0. The number of rotatable bonds is 5.